The molecule has 2 aromatic rings. The lowest BCUT2D eigenvalue weighted by atomic mass is 9.97. The summed E-state index contributed by atoms with van der Waals surface area (Å²) in [5, 5.41) is 2.76. The van der Waals surface area contributed by atoms with Gasteiger partial charge in [-0.05, 0) is 23.3 Å². The van der Waals surface area contributed by atoms with Crippen LogP contribution < -0.4 is 5.32 Å². The summed E-state index contributed by atoms with van der Waals surface area (Å²) in [6, 6.07) is 14.8. The van der Waals surface area contributed by atoms with Crippen LogP contribution in [0.5, 0.6) is 0 Å². The summed E-state index contributed by atoms with van der Waals surface area (Å²) in [5.41, 5.74) is 1.48. The highest BCUT2D eigenvalue weighted by atomic mass is 19.1. The summed E-state index contributed by atoms with van der Waals surface area (Å²) >= 11 is 0. The van der Waals surface area contributed by atoms with Gasteiger partial charge in [-0.2, -0.15) is 0 Å². The first-order chi connectivity index (χ1) is 12.1. The Labute approximate surface area is 145 Å². The van der Waals surface area contributed by atoms with Crippen molar-refractivity contribution in [1.29, 1.82) is 0 Å². The molecule has 1 aliphatic heterocycles. The third kappa shape index (κ3) is 3.85. The van der Waals surface area contributed by atoms with E-state index in [1.54, 1.807) is 19.2 Å². The number of nitrogens with zero attached hydrogens (tertiary/aromatic N) is 1. The zero-order valence-electron chi connectivity index (χ0n) is 13.8. The number of benzene rings is 2. The van der Waals surface area contributed by atoms with Gasteiger partial charge in [-0.1, -0.05) is 42.5 Å². The van der Waals surface area contributed by atoms with E-state index in [4.69, 9.17) is 4.74 Å². The van der Waals surface area contributed by atoms with Crippen LogP contribution in [0.4, 0.5) is 4.39 Å². The Balaban J connectivity index is 1.76. The van der Waals surface area contributed by atoms with E-state index in [1.165, 1.54) is 17.0 Å². The zero-order chi connectivity index (χ0) is 17.8. The fourth-order valence-corrected chi connectivity index (χ4v) is 2.92. The van der Waals surface area contributed by atoms with Crippen molar-refractivity contribution in [3.63, 3.8) is 0 Å². The number of carbonyl (C=O) groups is 2. The quantitative estimate of drug-likeness (QED) is 0.925. The fraction of sp³-hybridized carbons (Fsp3) is 0.263. The molecular formula is C19H19FN2O3. The van der Waals surface area contributed by atoms with Crippen molar-refractivity contribution in [2.24, 2.45) is 0 Å². The van der Waals surface area contributed by atoms with Gasteiger partial charge in [0.1, 0.15) is 12.4 Å². The van der Waals surface area contributed by atoms with Gasteiger partial charge in [0.2, 0.25) is 5.91 Å². The molecule has 0 saturated carbocycles. The maximum atomic E-state index is 13.2. The molecule has 2 amide bonds. The number of ether oxygens (including phenoxy) is 1. The molecule has 130 valence electrons. The Morgan fingerprint density at radius 1 is 1.24 bits per heavy atom. The van der Waals surface area contributed by atoms with Gasteiger partial charge in [-0.25, -0.2) is 4.39 Å². The van der Waals surface area contributed by atoms with Crippen LogP contribution in [0.15, 0.2) is 54.6 Å². The number of likely N-dealkylation sites (N-methyl/N-ethyl adjacent to an activating group) is 1. The number of hydrogen-bond acceptors (Lipinski definition) is 3. The lowest BCUT2D eigenvalue weighted by molar-refractivity contribution is -0.162. The Kier molecular flexibility index (Phi) is 5.09. The number of carbonyl (C=O) groups excluding carboxylic acids is 2. The van der Waals surface area contributed by atoms with E-state index in [-0.39, 0.29) is 30.8 Å². The highest BCUT2D eigenvalue weighted by Crippen LogP contribution is 2.29. The molecule has 2 atom stereocenters. The average molecular weight is 342 g/mol. The van der Waals surface area contributed by atoms with Crippen LogP contribution in [0.3, 0.4) is 0 Å². The highest BCUT2D eigenvalue weighted by molar-refractivity contribution is 5.86. The van der Waals surface area contributed by atoms with Gasteiger partial charge >= 0.3 is 0 Å². The molecule has 2 aromatic carbocycles. The zero-order valence-corrected chi connectivity index (χ0v) is 13.8. The molecular weight excluding hydrogens is 323 g/mol. The minimum Gasteiger partial charge on any atom is -0.356 e. The first-order valence-corrected chi connectivity index (χ1v) is 8.00. The number of halogens is 1. The normalized spacial score (nSPS) is 20.4. The SMILES string of the molecule is CN1C(=O)CO[C@H](C(=O)NCc2cccc(F)c2)[C@@H]1c1ccccc1. The van der Waals surface area contributed by atoms with Crippen molar-refractivity contribution in [2.75, 3.05) is 13.7 Å². The number of rotatable bonds is 4. The van der Waals surface area contributed by atoms with Crippen molar-refractivity contribution in [3.8, 4) is 0 Å². The molecule has 0 spiro atoms. The van der Waals surface area contributed by atoms with E-state index in [1.807, 2.05) is 30.3 Å². The van der Waals surface area contributed by atoms with Crippen LogP contribution in [-0.4, -0.2) is 36.5 Å². The summed E-state index contributed by atoms with van der Waals surface area (Å²) in [6.45, 7) is 0.0491. The topological polar surface area (TPSA) is 58.6 Å². The van der Waals surface area contributed by atoms with E-state index in [9.17, 15) is 14.0 Å². The summed E-state index contributed by atoms with van der Waals surface area (Å²) < 4.78 is 18.8. The molecule has 1 saturated heterocycles. The van der Waals surface area contributed by atoms with Crippen molar-refractivity contribution >= 4 is 11.8 Å². The molecule has 1 N–H and O–H groups in total. The standard InChI is InChI=1S/C19H19FN2O3/c1-22-16(23)12-25-18(17(22)14-7-3-2-4-8-14)19(24)21-11-13-6-5-9-15(20)10-13/h2-10,17-18H,11-12H2,1H3,(H,21,24)/t17-,18-/m0/s1. The van der Waals surface area contributed by atoms with Gasteiger partial charge in [0.05, 0.1) is 6.04 Å². The van der Waals surface area contributed by atoms with Crippen LogP contribution in [0, 0.1) is 5.82 Å². The van der Waals surface area contributed by atoms with E-state index in [0.29, 0.717) is 5.56 Å². The first-order valence-electron chi connectivity index (χ1n) is 8.00. The van der Waals surface area contributed by atoms with Crippen molar-refractivity contribution < 1.29 is 18.7 Å². The second kappa shape index (κ2) is 7.44. The third-order valence-corrected chi connectivity index (χ3v) is 4.24. The monoisotopic (exact) mass is 342 g/mol. The molecule has 5 nitrogen and oxygen atoms in total. The Morgan fingerprint density at radius 3 is 2.72 bits per heavy atom. The molecule has 0 radical (unpaired) electrons. The molecule has 0 unspecified atom stereocenters. The van der Waals surface area contributed by atoms with E-state index in [2.05, 4.69) is 5.32 Å². The molecule has 1 aliphatic rings. The molecule has 0 aromatic heterocycles. The van der Waals surface area contributed by atoms with E-state index in [0.717, 1.165) is 5.56 Å². The minimum atomic E-state index is -0.821. The van der Waals surface area contributed by atoms with Gasteiger partial charge < -0.3 is 15.0 Å². The van der Waals surface area contributed by atoms with Crippen LogP contribution in [-0.2, 0) is 20.9 Å². The predicted molar refractivity (Wildman–Crippen MR) is 89.9 cm³/mol. The number of hydrogen-bond donors (Lipinski definition) is 1. The summed E-state index contributed by atoms with van der Waals surface area (Å²) in [6.07, 6.45) is -0.821. The van der Waals surface area contributed by atoms with E-state index < -0.39 is 12.1 Å². The largest absolute Gasteiger partial charge is 0.356 e. The lowest BCUT2D eigenvalue weighted by Crippen LogP contribution is -2.52. The highest BCUT2D eigenvalue weighted by Gasteiger charge is 2.39. The lowest BCUT2D eigenvalue weighted by Gasteiger charge is -2.38. The number of nitrogens with one attached hydrogen (secondary N) is 1. The number of amides is 2. The third-order valence-electron chi connectivity index (χ3n) is 4.24. The van der Waals surface area contributed by atoms with Crippen molar-refractivity contribution in [1.82, 2.24) is 10.2 Å². The summed E-state index contributed by atoms with van der Waals surface area (Å²) in [5.74, 6) is -0.867. The van der Waals surface area contributed by atoms with E-state index >= 15 is 0 Å². The maximum Gasteiger partial charge on any atom is 0.251 e. The molecule has 0 aliphatic carbocycles. The van der Waals surface area contributed by atoms with Crippen LogP contribution in [0.1, 0.15) is 17.2 Å². The summed E-state index contributed by atoms with van der Waals surface area (Å²) in [7, 11) is 1.66. The van der Waals surface area contributed by atoms with Crippen molar-refractivity contribution in [2.45, 2.75) is 18.7 Å². The Hall–Kier alpha value is -2.73. The molecule has 6 heteroatoms. The second-order valence-electron chi connectivity index (χ2n) is 5.94. The molecule has 3 rings (SSSR count). The van der Waals surface area contributed by atoms with Gasteiger partial charge in [-0.15, -0.1) is 0 Å². The molecule has 1 fully saturated rings. The average Bonchev–Trinajstić information content (AvgIpc) is 2.62. The summed E-state index contributed by atoms with van der Waals surface area (Å²) in [4.78, 5) is 26.1. The van der Waals surface area contributed by atoms with Crippen LogP contribution in [0.25, 0.3) is 0 Å². The fourth-order valence-electron chi connectivity index (χ4n) is 2.92. The Bertz CT molecular complexity index is 766. The molecule has 25 heavy (non-hydrogen) atoms. The Morgan fingerprint density at radius 2 is 2.00 bits per heavy atom. The van der Waals surface area contributed by atoms with Gasteiger partial charge in [-0.3, -0.25) is 9.59 Å². The van der Waals surface area contributed by atoms with Crippen molar-refractivity contribution in [3.05, 3.63) is 71.5 Å². The van der Waals surface area contributed by atoms with Gasteiger partial charge in [0.25, 0.3) is 5.91 Å². The number of morpholine rings is 1. The van der Waals surface area contributed by atoms with Crippen LogP contribution >= 0.6 is 0 Å². The predicted octanol–water partition coefficient (Wildman–Crippen LogP) is 2.04. The molecule has 0 bridgehead atoms. The molecule has 1 heterocycles. The smallest absolute Gasteiger partial charge is 0.251 e. The second-order valence-corrected chi connectivity index (χ2v) is 5.94. The first kappa shape index (κ1) is 17.1. The van der Waals surface area contributed by atoms with Gasteiger partial charge in [0.15, 0.2) is 6.10 Å². The van der Waals surface area contributed by atoms with Crippen LogP contribution in [0.2, 0.25) is 0 Å². The maximum absolute atomic E-state index is 13.2. The van der Waals surface area contributed by atoms with Gasteiger partial charge in [0, 0.05) is 13.6 Å². The minimum absolute atomic E-state index is 0.141.